The molecular formula is C13H21NO3. The second-order valence-corrected chi connectivity index (χ2v) is 5.22. The zero-order chi connectivity index (χ0) is 13.3. The summed E-state index contributed by atoms with van der Waals surface area (Å²) in [6, 6.07) is 0. The number of aliphatic hydroxyl groups is 1. The molecule has 2 amide bonds. The SMILES string of the molecule is CCC(C)(O)CC(C)(CC)N1C(=O)C=CC1=O. The molecule has 0 spiro atoms. The normalized spacial score (nSPS) is 22.8. The van der Waals surface area contributed by atoms with Gasteiger partial charge in [-0.05, 0) is 33.1 Å². The fourth-order valence-electron chi connectivity index (χ4n) is 2.24. The van der Waals surface area contributed by atoms with E-state index in [1.54, 1.807) is 6.92 Å². The van der Waals surface area contributed by atoms with Crippen molar-refractivity contribution in [2.24, 2.45) is 0 Å². The van der Waals surface area contributed by atoms with E-state index in [2.05, 4.69) is 0 Å². The highest BCUT2D eigenvalue weighted by Crippen LogP contribution is 2.33. The smallest absolute Gasteiger partial charge is 0.254 e. The zero-order valence-electron chi connectivity index (χ0n) is 11.0. The number of imide groups is 1. The minimum Gasteiger partial charge on any atom is -0.390 e. The van der Waals surface area contributed by atoms with Crippen LogP contribution in [0, 0.1) is 0 Å². The molecule has 1 N–H and O–H groups in total. The lowest BCUT2D eigenvalue weighted by Gasteiger charge is -2.41. The van der Waals surface area contributed by atoms with Crippen molar-refractivity contribution in [3.8, 4) is 0 Å². The van der Waals surface area contributed by atoms with Gasteiger partial charge in [0, 0.05) is 12.2 Å². The number of amides is 2. The molecule has 0 aliphatic carbocycles. The molecule has 1 heterocycles. The Morgan fingerprint density at radius 2 is 1.59 bits per heavy atom. The second-order valence-electron chi connectivity index (χ2n) is 5.22. The van der Waals surface area contributed by atoms with Gasteiger partial charge in [-0.15, -0.1) is 0 Å². The maximum Gasteiger partial charge on any atom is 0.254 e. The Labute approximate surface area is 102 Å². The van der Waals surface area contributed by atoms with E-state index in [9.17, 15) is 14.7 Å². The van der Waals surface area contributed by atoms with Gasteiger partial charge >= 0.3 is 0 Å². The van der Waals surface area contributed by atoms with E-state index in [0.717, 1.165) is 0 Å². The molecule has 0 aromatic carbocycles. The van der Waals surface area contributed by atoms with E-state index in [1.165, 1.54) is 17.1 Å². The Hall–Kier alpha value is -1.16. The van der Waals surface area contributed by atoms with Crippen LogP contribution in [0.15, 0.2) is 12.2 Å². The molecule has 0 saturated heterocycles. The minimum absolute atomic E-state index is 0.286. The van der Waals surface area contributed by atoms with Crippen LogP contribution in [0.4, 0.5) is 0 Å². The average molecular weight is 239 g/mol. The maximum absolute atomic E-state index is 11.7. The van der Waals surface area contributed by atoms with Crippen LogP contribution >= 0.6 is 0 Å². The summed E-state index contributed by atoms with van der Waals surface area (Å²) in [5.41, 5.74) is -1.49. The van der Waals surface area contributed by atoms with Gasteiger partial charge in [0.25, 0.3) is 11.8 Å². The van der Waals surface area contributed by atoms with Crippen LogP contribution in [0.3, 0.4) is 0 Å². The molecule has 4 nitrogen and oxygen atoms in total. The summed E-state index contributed by atoms with van der Waals surface area (Å²) in [4.78, 5) is 24.7. The molecule has 2 unspecified atom stereocenters. The molecule has 0 saturated carbocycles. The van der Waals surface area contributed by atoms with Crippen LogP contribution < -0.4 is 0 Å². The van der Waals surface area contributed by atoms with Crippen LogP contribution in [0.25, 0.3) is 0 Å². The molecule has 96 valence electrons. The molecule has 0 aromatic rings. The van der Waals surface area contributed by atoms with Crippen molar-refractivity contribution >= 4 is 11.8 Å². The lowest BCUT2D eigenvalue weighted by atomic mass is 9.82. The summed E-state index contributed by atoms with van der Waals surface area (Å²) in [6.07, 6.45) is 4.19. The number of carbonyl (C=O) groups excluding carboxylic acids is 2. The Bertz CT molecular complexity index is 342. The monoisotopic (exact) mass is 239 g/mol. The van der Waals surface area contributed by atoms with Gasteiger partial charge in [0.2, 0.25) is 0 Å². The number of carbonyl (C=O) groups is 2. The zero-order valence-corrected chi connectivity index (χ0v) is 11.0. The Kier molecular flexibility index (Phi) is 3.77. The molecule has 0 aromatic heterocycles. The molecule has 2 atom stereocenters. The predicted molar refractivity (Wildman–Crippen MR) is 65.2 cm³/mol. The van der Waals surface area contributed by atoms with E-state index in [0.29, 0.717) is 19.3 Å². The molecule has 0 radical (unpaired) electrons. The topological polar surface area (TPSA) is 57.6 Å². The molecule has 0 fully saturated rings. The molecule has 4 heteroatoms. The first-order chi connectivity index (χ1) is 7.75. The van der Waals surface area contributed by atoms with E-state index in [1.807, 2.05) is 20.8 Å². The number of nitrogens with zero attached hydrogens (tertiary/aromatic N) is 1. The molecule has 1 aliphatic rings. The first kappa shape index (κ1) is 13.9. The standard InChI is InChI=1S/C13H21NO3/c1-5-12(3,9-13(4,17)6-2)14-10(15)7-8-11(14)16/h7-8,17H,5-6,9H2,1-4H3. The second kappa shape index (κ2) is 4.61. The quantitative estimate of drug-likeness (QED) is 0.742. The lowest BCUT2D eigenvalue weighted by Crippen LogP contribution is -2.53. The maximum atomic E-state index is 11.7. The van der Waals surface area contributed by atoms with Crippen LogP contribution in [-0.4, -0.2) is 33.0 Å². The van der Waals surface area contributed by atoms with Crippen LogP contribution in [0.5, 0.6) is 0 Å². The largest absolute Gasteiger partial charge is 0.390 e. The molecule has 17 heavy (non-hydrogen) atoms. The number of rotatable bonds is 5. The van der Waals surface area contributed by atoms with E-state index in [4.69, 9.17) is 0 Å². The van der Waals surface area contributed by atoms with Gasteiger partial charge in [0.1, 0.15) is 0 Å². The summed E-state index contributed by atoms with van der Waals surface area (Å²) in [7, 11) is 0. The van der Waals surface area contributed by atoms with E-state index >= 15 is 0 Å². The van der Waals surface area contributed by atoms with Gasteiger partial charge in [-0.1, -0.05) is 13.8 Å². The van der Waals surface area contributed by atoms with Crippen molar-refractivity contribution in [1.29, 1.82) is 0 Å². The van der Waals surface area contributed by atoms with Gasteiger partial charge in [-0.3, -0.25) is 14.5 Å². The first-order valence-electron chi connectivity index (χ1n) is 6.04. The average Bonchev–Trinajstić information content (AvgIpc) is 2.58. The third-order valence-electron chi connectivity index (χ3n) is 3.63. The van der Waals surface area contributed by atoms with Gasteiger partial charge in [0.15, 0.2) is 0 Å². The summed E-state index contributed by atoms with van der Waals surface area (Å²) >= 11 is 0. The van der Waals surface area contributed by atoms with Crippen molar-refractivity contribution in [1.82, 2.24) is 4.90 Å². The fourth-order valence-corrected chi connectivity index (χ4v) is 2.24. The molecule has 1 rings (SSSR count). The van der Waals surface area contributed by atoms with Crippen molar-refractivity contribution in [3.63, 3.8) is 0 Å². The van der Waals surface area contributed by atoms with Gasteiger partial charge in [-0.25, -0.2) is 0 Å². The Balaban J connectivity index is 2.96. The predicted octanol–water partition coefficient (Wildman–Crippen LogP) is 1.63. The van der Waals surface area contributed by atoms with Crippen LogP contribution in [0.2, 0.25) is 0 Å². The number of hydrogen-bond acceptors (Lipinski definition) is 3. The summed E-state index contributed by atoms with van der Waals surface area (Å²) in [6.45, 7) is 7.39. The van der Waals surface area contributed by atoms with Gasteiger partial charge in [0.05, 0.1) is 11.1 Å². The van der Waals surface area contributed by atoms with Crippen LogP contribution in [-0.2, 0) is 9.59 Å². The molecule has 0 bridgehead atoms. The highest BCUT2D eigenvalue weighted by Gasteiger charge is 2.43. The van der Waals surface area contributed by atoms with Gasteiger partial charge < -0.3 is 5.11 Å². The summed E-state index contributed by atoms with van der Waals surface area (Å²) < 4.78 is 0. The van der Waals surface area contributed by atoms with Gasteiger partial charge in [-0.2, -0.15) is 0 Å². The minimum atomic E-state index is -0.867. The van der Waals surface area contributed by atoms with Crippen molar-refractivity contribution in [2.45, 2.75) is 58.1 Å². The lowest BCUT2D eigenvalue weighted by molar-refractivity contribution is -0.146. The summed E-state index contributed by atoms with van der Waals surface area (Å²) in [5, 5.41) is 10.2. The Morgan fingerprint density at radius 1 is 1.12 bits per heavy atom. The highest BCUT2D eigenvalue weighted by molar-refractivity contribution is 6.13. The van der Waals surface area contributed by atoms with Crippen molar-refractivity contribution < 1.29 is 14.7 Å². The Morgan fingerprint density at radius 3 is 1.94 bits per heavy atom. The van der Waals surface area contributed by atoms with Crippen molar-refractivity contribution in [2.75, 3.05) is 0 Å². The van der Waals surface area contributed by atoms with Crippen molar-refractivity contribution in [3.05, 3.63) is 12.2 Å². The van der Waals surface area contributed by atoms with Crippen LogP contribution in [0.1, 0.15) is 47.0 Å². The number of hydrogen-bond donors (Lipinski definition) is 1. The molecular weight excluding hydrogens is 218 g/mol. The molecule has 1 aliphatic heterocycles. The summed E-state index contributed by atoms with van der Waals surface area (Å²) in [5.74, 6) is -0.572. The fraction of sp³-hybridized carbons (Fsp3) is 0.692. The van der Waals surface area contributed by atoms with E-state index < -0.39 is 11.1 Å². The van der Waals surface area contributed by atoms with E-state index in [-0.39, 0.29) is 11.8 Å². The highest BCUT2D eigenvalue weighted by atomic mass is 16.3. The third kappa shape index (κ3) is 2.75. The first-order valence-corrected chi connectivity index (χ1v) is 6.04. The third-order valence-corrected chi connectivity index (χ3v) is 3.63.